The van der Waals surface area contributed by atoms with E-state index in [1.807, 2.05) is 27.7 Å². The van der Waals surface area contributed by atoms with Crippen LogP contribution in [0.5, 0.6) is 0 Å². The summed E-state index contributed by atoms with van der Waals surface area (Å²) >= 11 is 9.13. The highest BCUT2D eigenvalue weighted by atomic mass is 32.1. The Morgan fingerprint density at radius 2 is 1.16 bits per heavy atom. The molecule has 0 amide bonds. The van der Waals surface area contributed by atoms with Crippen molar-refractivity contribution in [2.45, 2.75) is 123 Å². The molecule has 2 heterocycles. The van der Waals surface area contributed by atoms with Gasteiger partial charge in [-0.2, -0.15) is 0 Å². The van der Waals surface area contributed by atoms with Gasteiger partial charge in [0, 0.05) is 56.6 Å². The molecule has 10 heteroatoms. The molecule has 2 rings (SSSR count). The van der Waals surface area contributed by atoms with Gasteiger partial charge in [-0.25, -0.2) is 9.59 Å². The summed E-state index contributed by atoms with van der Waals surface area (Å²) in [5, 5.41) is 0.878. The van der Waals surface area contributed by atoms with E-state index in [4.69, 9.17) is 0 Å². The van der Waals surface area contributed by atoms with E-state index in [9.17, 15) is 19.2 Å². The number of aromatic nitrogens is 4. The summed E-state index contributed by atoms with van der Waals surface area (Å²) in [5.74, 6) is 0.273. The second-order valence-corrected chi connectivity index (χ2v) is 12.6. The molecule has 0 fully saturated rings. The standard InChI is InChI=1S/C27H44N4O4S2/c1-8-28-17-21(36)30(24(28)34)23(31-22(37)18-29(9-2)25(31)35)27(6,7)16-14-20(33)12-10-11-19(32)13-15-26(3,4)5/h17-18,23,36-37H,8-16H2,1-7H3. The van der Waals surface area contributed by atoms with Crippen LogP contribution in [-0.4, -0.2) is 29.8 Å². The van der Waals surface area contributed by atoms with Gasteiger partial charge in [0.2, 0.25) is 0 Å². The summed E-state index contributed by atoms with van der Waals surface area (Å²) in [5.41, 5.74) is -1.09. The highest BCUT2D eigenvalue weighted by molar-refractivity contribution is 7.80. The highest BCUT2D eigenvalue weighted by Crippen LogP contribution is 2.38. The fraction of sp³-hybridized carbons (Fsp3) is 0.704. The molecule has 37 heavy (non-hydrogen) atoms. The van der Waals surface area contributed by atoms with Crippen LogP contribution in [0.1, 0.15) is 99.6 Å². The lowest BCUT2D eigenvalue weighted by atomic mass is 9.82. The molecule has 0 aliphatic rings. The zero-order valence-electron chi connectivity index (χ0n) is 23.4. The number of hydrogen-bond acceptors (Lipinski definition) is 6. The maximum absolute atomic E-state index is 13.3. The van der Waals surface area contributed by atoms with Gasteiger partial charge in [0.05, 0.1) is 10.1 Å². The van der Waals surface area contributed by atoms with Crippen LogP contribution in [0.3, 0.4) is 0 Å². The lowest BCUT2D eigenvalue weighted by Gasteiger charge is -2.36. The zero-order valence-corrected chi connectivity index (χ0v) is 25.2. The fourth-order valence-electron chi connectivity index (χ4n) is 4.55. The molecule has 0 radical (unpaired) electrons. The third kappa shape index (κ3) is 8.02. The number of imidazole rings is 2. The van der Waals surface area contributed by atoms with Gasteiger partial charge in [0.1, 0.15) is 17.7 Å². The Balaban J connectivity index is 2.23. The molecule has 0 aromatic carbocycles. The van der Waals surface area contributed by atoms with Crippen molar-refractivity contribution in [3.63, 3.8) is 0 Å². The van der Waals surface area contributed by atoms with Crippen LogP contribution < -0.4 is 11.4 Å². The van der Waals surface area contributed by atoms with E-state index in [2.05, 4.69) is 46.0 Å². The SMILES string of the molecule is CCn1cc(S)n(C(n2c(S)cn(CC)c2=O)C(C)(C)CCC(=O)CCCC(=O)CCC(C)(C)C)c1=O. The first-order valence-electron chi connectivity index (χ1n) is 13.2. The van der Waals surface area contributed by atoms with E-state index in [-0.39, 0.29) is 34.8 Å². The molecule has 0 atom stereocenters. The van der Waals surface area contributed by atoms with Crippen LogP contribution in [-0.2, 0) is 22.7 Å². The third-order valence-electron chi connectivity index (χ3n) is 6.92. The Morgan fingerprint density at radius 3 is 1.51 bits per heavy atom. The summed E-state index contributed by atoms with van der Waals surface area (Å²) in [6.07, 6.45) is 6.03. The Kier molecular flexibility index (Phi) is 10.8. The van der Waals surface area contributed by atoms with Crippen LogP contribution >= 0.6 is 25.3 Å². The molecular formula is C27H44N4O4S2. The van der Waals surface area contributed by atoms with E-state index in [1.54, 1.807) is 21.5 Å². The second kappa shape index (κ2) is 12.7. The summed E-state index contributed by atoms with van der Waals surface area (Å²) in [6.45, 7) is 14.9. The van der Waals surface area contributed by atoms with E-state index in [0.717, 1.165) is 6.42 Å². The average Bonchev–Trinajstić information content (AvgIpc) is 3.25. The minimum atomic E-state index is -0.722. The van der Waals surface area contributed by atoms with Gasteiger partial charge in [-0.1, -0.05) is 34.6 Å². The number of thiol groups is 2. The molecule has 0 bridgehead atoms. The molecule has 0 unspecified atom stereocenters. The largest absolute Gasteiger partial charge is 0.330 e. The first kappa shape index (κ1) is 31.3. The Bertz CT molecular complexity index is 1150. The fourth-order valence-corrected chi connectivity index (χ4v) is 5.22. The number of Topliss-reactive ketones (excluding diaryl/α,β-unsaturated/α-hetero) is 2. The number of ketones is 2. The van der Waals surface area contributed by atoms with Crippen molar-refractivity contribution in [2.75, 3.05) is 0 Å². The van der Waals surface area contributed by atoms with Gasteiger partial charge in [-0.15, -0.1) is 25.3 Å². The van der Waals surface area contributed by atoms with Crippen molar-refractivity contribution < 1.29 is 9.59 Å². The number of aryl methyl sites for hydroxylation is 2. The molecular weight excluding hydrogens is 508 g/mol. The van der Waals surface area contributed by atoms with Crippen LogP contribution in [0.25, 0.3) is 0 Å². The van der Waals surface area contributed by atoms with Crippen LogP contribution in [0, 0.1) is 10.8 Å². The number of carbonyl (C=O) groups is 2. The molecule has 0 spiro atoms. The van der Waals surface area contributed by atoms with Crippen molar-refractivity contribution in [1.82, 2.24) is 18.3 Å². The second-order valence-electron chi connectivity index (χ2n) is 11.7. The summed E-state index contributed by atoms with van der Waals surface area (Å²) in [7, 11) is 0. The normalized spacial score (nSPS) is 12.5. The van der Waals surface area contributed by atoms with E-state index < -0.39 is 11.6 Å². The van der Waals surface area contributed by atoms with E-state index >= 15 is 0 Å². The van der Waals surface area contributed by atoms with Gasteiger partial charge in [-0.3, -0.25) is 27.9 Å². The smallest absolute Gasteiger partial charge is 0.300 e. The molecule has 208 valence electrons. The van der Waals surface area contributed by atoms with Crippen molar-refractivity contribution in [3.05, 3.63) is 33.4 Å². The topological polar surface area (TPSA) is 88.0 Å². The van der Waals surface area contributed by atoms with Gasteiger partial charge in [0.15, 0.2) is 0 Å². The monoisotopic (exact) mass is 552 g/mol. The lowest BCUT2D eigenvalue weighted by Crippen LogP contribution is -2.44. The van der Waals surface area contributed by atoms with Crippen molar-refractivity contribution in [3.8, 4) is 0 Å². The summed E-state index contributed by atoms with van der Waals surface area (Å²) in [4.78, 5) is 51.5. The first-order valence-corrected chi connectivity index (χ1v) is 14.1. The predicted octanol–water partition coefficient (Wildman–Crippen LogP) is 5.22. The highest BCUT2D eigenvalue weighted by Gasteiger charge is 2.37. The number of carbonyl (C=O) groups excluding carboxylic acids is 2. The van der Waals surface area contributed by atoms with Crippen LogP contribution in [0.15, 0.2) is 32.0 Å². The van der Waals surface area contributed by atoms with Crippen molar-refractivity contribution in [1.29, 1.82) is 0 Å². The van der Waals surface area contributed by atoms with Gasteiger partial charge < -0.3 is 0 Å². The maximum Gasteiger partial charge on any atom is 0.330 e. The number of hydrogen-bond donors (Lipinski definition) is 2. The van der Waals surface area contributed by atoms with Crippen LogP contribution in [0.2, 0.25) is 0 Å². The Labute approximate surface area is 231 Å². The molecule has 2 aromatic rings. The van der Waals surface area contributed by atoms with Gasteiger partial charge in [0.25, 0.3) is 0 Å². The molecule has 0 saturated carbocycles. The van der Waals surface area contributed by atoms with Crippen LogP contribution in [0.4, 0.5) is 0 Å². The molecule has 0 aliphatic carbocycles. The Hall–Kier alpha value is -1.94. The van der Waals surface area contributed by atoms with Gasteiger partial charge >= 0.3 is 11.4 Å². The summed E-state index contributed by atoms with van der Waals surface area (Å²) < 4.78 is 6.14. The molecule has 8 nitrogen and oxygen atoms in total. The number of rotatable bonds is 14. The van der Waals surface area contributed by atoms with Gasteiger partial charge in [-0.05, 0) is 38.5 Å². The summed E-state index contributed by atoms with van der Waals surface area (Å²) in [6, 6.07) is 0. The van der Waals surface area contributed by atoms with E-state index in [0.29, 0.717) is 55.2 Å². The molecule has 2 aromatic heterocycles. The third-order valence-corrected chi connectivity index (χ3v) is 7.58. The van der Waals surface area contributed by atoms with E-state index in [1.165, 1.54) is 9.13 Å². The minimum absolute atomic E-state index is 0.0737. The average molecular weight is 553 g/mol. The molecule has 0 aliphatic heterocycles. The quantitative estimate of drug-likeness (QED) is 0.315. The first-order chi connectivity index (χ1) is 17.1. The maximum atomic E-state index is 13.3. The lowest BCUT2D eigenvalue weighted by molar-refractivity contribution is -0.121. The van der Waals surface area contributed by atoms with Crippen molar-refractivity contribution in [2.24, 2.45) is 10.8 Å². The number of nitrogens with zero attached hydrogens (tertiary/aromatic N) is 4. The molecule has 0 saturated heterocycles. The minimum Gasteiger partial charge on any atom is -0.300 e. The molecule has 0 N–H and O–H groups in total. The predicted molar refractivity (Wildman–Crippen MR) is 153 cm³/mol. The zero-order chi connectivity index (χ0) is 28.1. The Morgan fingerprint density at radius 1 is 0.757 bits per heavy atom. The van der Waals surface area contributed by atoms with Crippen molar-refractivity contribution >= 4 is 36.8 Å².